The maximum Gasteiger partial charge on any atom is 0.417 e. The highest BCUT2D eigenvalue weighted by Crippen LogP contribution is 2.42. The van der Waals surface area contributed by atoms with Crippen LogP contribution in [0.5, 0.6) is 0 Å². The third-order valence-corrected chi connectivity index (χ3v) is 2.52. The Morgan fingerprint density at radius 3 is 1.82 bits per heavy atom. The first-order valence-electron chi connectivity index (χ1n) is 4.10. The lowest BCUT2D eigenvalue weighted by molar-refractivity contribution is -0.162. The molecule has 0 aliphatic rings. The van der Waals surface area contributed by atoms with Crippen LogP contribution in [0.2, 0.25) is 0 Å². The highest BCUT2D eigenvalue weighted by Gasteiger charge is 2.45. The Kier molecular flexibility index (Phi) is 3.75. The van der Waals surface area contributed by atoms with Gasteiger partial charge in [-0.25, -0.2) is 4.39 Å². The molecule has 0 aliphatic heterocycles. The lowest BCUT2D eigenvalue weighted by atomic mass is 10.0. The van der Waals surface area contributed by atoms with E-state index in [0.29, 0.717) is 6.07 Å². The van der Waals surface area contributed by atoms with E-state index in [-0.39, 0.29) is 6.07 Å². The molecule has 1 rings (SSSR count). The zero-order valence-corrected chi connectivity index (χ0v) is 9.47. The van der Waals surface area contributed by atoms with Crippen LogP contribution in [0.4, 0.5) is 30.7 Å². The third kappa shape index (κ3) is 3.11. The van der Waals surface area contributed by atoms with Gasteiger partial charge in [0.2, 0.25) is 0 Å². The molecule has 8 heteroatoms. The van der Waals surface area contributed by atoms with Crippen molar-refractivity contribution in [3.63, 3.8) is 0 Å². The molecular formula is C9H4BrF7. The summed E-state index contributed by atoms with van der Waals surface area (Å²) < 4.78 is 87.5. The van der Waals surface area contributed by atoms with Crippen molar-refractivity contribution in [1.82, 2.24) is 0 Å². The van der Waals surface area contributed by atoms with Crippen molar-refractivity contribution in [2.45, 2.75) is 17.7 Å². The fraction of sp³-hybridized carbons (Fsp3) is 0.333. The molecule has 0 nitrogen and oxygen atoms in total. The first-order valence-corrected chi connectivity index (χ1v) is 5.22. The molecule has 0 atom stereocenters. The minimum Gasteiger partial charge on any atom is -0.207 e. The fourth-order valence-corrected chi connectivity index (χ4v) is 1.77. The van der Waals surface area contributed by atoms with E-state index in [1.54, 1.807) is 0 Å². The molecule has 0 aliphatic carbocycles. The molecule has 0 heterocycles. The minimum atomic E-state index is -5.26. The Morgan fingerprint density at radius 1 is 0.941 bits per heavy atom. The molecule has 17 heavy (non-hydrogen) atoms. The Labute approximate surface area is 99.6 Å². The van der Waals surface area contributed by atoms with Gasteiger partial charge in [-0.05, 0) is 17.7 Å². The number of hydrogen-bond donors (Lipinski definition) is 0. The van der Waals surface area contributed by atoms with Crippen molar-refractivity contribution in [3.05, 3.63) is 34.6 Å². The summed E-state index contributed by atoms with van der Waals surface area (Å²) in [5, 5.41) is -0.525. The smallest absolute Gasteiger partial charge is 0.207 e. The third-order valence-electron chi connectivity index (χ3n) is 1.92. The van der Waals surface area contributed by atoms with Crippen LogP contribution in [0.15, 0.2) is 12.1 Å². The van der Waals surface area contributed by atoms with E-state index < -0.39 is 40.2 Å². The summed E-state index contributed by atoms with van der Waals surface area (Å²) in [4.78, 5) is 0. The predicted octanol–water partition coefficient (Wildman–Crippen LogP) is 4.76. The van der Waals surface area contributed by atoms with Crippen molar-refractivity contribution in [1.29, 1.82) is 0 Å². The van der Waals surface area contributed by atoms with Crippen molar-refractivity contribution < 1.29 is 30.7 Å². The van der Waals surface area contributed by atoms with Gasteiger partial charge >= 0.3 is 12.4 Å². The van der Waals surface area contributed by atoms with E-state index in [4.69, 9.17) is 0 Å². The van der Waals surface area contributed by atoms with Gasteiger partial charge in [-0.2, -0.15) is 26.3 Å². The first-order chi connectivity index (χ1) is 7.57. The Morgan fingerprint density at radius 2 is 1.47 bits per heavy atom. The summed E-state index contributed by atoms with van der Waals surface area (Å²) in [7, 11) is 0. The van der Waals surface area contributed by atoms with Crippen molar-refractivity contribution >= 4 is 15.9 Å². The molecule has 0 N–H and O–H groups in total. The minimum absolute atomic E-state index is 0.158. The number of alkyl halides is 7. The number of hydrogen-bond acceptors (Lipinski definition) is 0. The topological polar surface area (TPSA) is 0 Å². The van der Waals surface area contributed by atoms with Crippen LogP contribution in [0.25, 0.3) is 0 Å². The molecule has 1 aromatic rings. The van der Waals surface area contributed by atoms with Crippen LogP contribution in [0.1, 0.15) is 16.7 Å². The SMILES string of the molecule is Fc1cc(CBr)c(C(F)(F)F)c(C(F)(F)F)c1. The molecule has 0 bridgehead atoms. The zero-order chi connectivity index (χ0) is 13.4. The van der Waals surface area contributed by atoms with Gasteiger partial charge in [0.1, 0.15) is 5.82 Å². The van der Waals surface area contributed by atoms with Crippen molar-refractivity contribution in [3.8, 4) is 0 Å². The molecule has 0 fully saturated rings. The van der Waals surface area contributed by atoms with Gasteiger partial charge < -0.3 is 0 Å². The lowest BCUT2D eigenvalue weighted by Crippen LogP contribution is -2.19. The van der Waals surface area contributed by atoms with E-state index in [1.165, 1.54) is 0 Å². The van der Waals surface area contributed by atoms with Gasteiger partial charge in [0, 0.05) is 5.33 Å². The average molecular weight is 325 g/mol. The number of benzene rings is 1. The molecule has 0 spiro atoms. The van der Waals surface area contributed by atoms with Crippen LogP contribution >= 0.6 is 15.9 Å². The van der Waals surface area contributed by atoms with E-state index in [1.807, 2.05) is 0 Å². The fourth-order valence-electron chi connectivity index (χ4n) is 1.33. The van der Waals surface area contributed by atoms with Crippen LogP contribution in [-0.4, -0.2) is 0 Å². The Bertz CT molecular complexity index is 419. The Hall–Kier alpha value is -0.790. The second-order valence-corrected chi connectivity index (χ2v) is 3.68. The Balaban J connectivity index is 3.63. The van der Waals surface area contributed by atoms with E-state index in [2.05, 4.69) is 15.9 Å². The number of rotatable bonds is 1. The lowest BCUT2D eigenvalue weighted by Gasteiger charge is -2.18. The van der Waals surface area contributed by atoms with E-state index >= 15 is 0 Å². The normalized spacial score (nSPS) is 12.9. The second kappa shape index (κ2) is 4.47. The molecule has 0 amide bonds. The van der Waals surface area contributed by atoms with E-state index in [9.17, 15) is 30.7 Å². The molecule has 96 valence electrons. The summed E-state index contributed by atoms with van der Waals surface area (Å²) >= 11 is 2.60. The maximum atomic E-state index is 12.8. The monoisotopic (exact) mass is 324 g/mol. The van der Waals surface area contributed by atoms with E-state index in [0.717, 1.165) is 0 Å². The van der Waals surface area contributed by atoms with Crippen molar-refractivity contribution in [2.75, 3.05) is 0 Å². The number of halogens is 8. The largest absolute Gasteiger partial charge is 0.417 e. The summed E-state index contributed by atoms with van der Waals surface area (Å²) in [6.07, 6.45) is -10.5. The molecule has 0 saturated heterocycles. The van der Waals surface area contributed by atoms with Crippen molar-refractivity contribution in [2.24, 2.45) is 0 Å². The molecule has 0 aromatic heterocycles. The van der Waals surface area contributed by atoms with Gasteiger partial charge in [0.05, 0.1) is 11.1 Å². The van der Waals surface area contributed by atoms with Crippen LogP contribution in [-0.2, 0) is 17.7 Å². The summed E-state index contributed by atoms with van der Waals surface area (Å²) in [6.45, 7) is 0. The maximum absolute atomic E-state index is 12.8. The van der Waals surface area contributed by atoms with Gasteiger partial charge in [-0.3, -0.25) is 0 Å². The molecule has 1 aromatic carbocycles. The standard InChI is InChI=1S/C9H4BrF7/c10-3-4-1-5(11)2-6(8(12,13)14)7(4)9(15,16)17/h1-2H,3H2. The molecule has 0 radical (unpaired) electrons. The quantitative estimate of drug-likeness (QED) is 0.516. The van der Waals surface area contributed by atoms with Gasteiger partial charge in [-0.1, -0.05) is 15.9 Å². The summed E-state index contributed by atoms with van der Waals surface area (Å²) in [5.74, 6) is -1.36. The zero-order valence-electron chi connectivity index (χ0n) is 7.89. The average Bonchev–Trinajstić information content (AvgIpc) is 2.12. The first kappa shape index (κ1) is 14.3. The van der Waals surface area contributed by atoms with Crippen LogP contribution in [0, 0.1) is 5.82 Å². The highest BCUT2D eigenvalue weighted by atomic mass is 79.9. The summed E-state index contributed by atoms with van der Waals surface area (Å²) in [6, 6.07) is 0.266. The van der Waals surface area contributed by atoms with Gasteiger partial charge in [-0.15, -0.1) is 0 Å². The van der Waals surface area contributed by atoms with Crippen LogP contribution in [0.3, 0.4) is 0 Å². The molecule has 0 unspecified atom stereocenters. The highest BCUT2D eigenvalue weighted by molar-refractivity contribution is 9.08. The molecular weight excluding hydrogens is 321 g/mol. The van der Waals surface area contributed by atoms with Gasteiger partial charge in [0.25, 0.3) is 0 Å². The summed E-state index contributed by atoms with van der Waals surface area (Å²) in [5.41, 5.74) is -4.66. The predicted molar refractivity (Wildman–Crippen MR) is 49.0 cm³/mol. The van der Waals surface area contributed by atoms with Gasteiger partial charge in [0.15, 0.2) is 0 Å². The van der Waals surface area contributed by atoms with Crippen LogP contribution < -0.4 is 0 Å². The second-order valence-electron chi connectivity index (χ2n) is 3.12. The molecule has 0 saturated carbocycles.